The van der Waals surface area contributed by atoms with Crippen molar-refractivity contribution >= 4 is 39.9 Å². The molecule has 4 rings (SSSR count). The van der Waals surface area contributed by atoms with Crippen LogP contribution in [0.5, 0.6) is 11.5 Å². The van der Waals surface area contributed by atoms with E-state index in [-0.39, 0.29) is 27.9 Å². The van der Waals surface area contributed by atoms with Crippen LogP contribution in [0.25, 0.3) is 5.76 Å². The summed E-state index contributed by atoms with van der Waals surface area (Å²) in [6.45, 7) is 9.31. The third-order valence-electron chi connectivity index (χ3n) is 6.13. The van der Waals surface area contributed by atoms with E-state index in [0.29, 0.717) is 34.9 Å². The van der Waals surface area contributed by atoms with E-state index in [1.54, 1.807) is 49.4 Å². The van der Waals surface area contributed by atoms with Crippen molar-refractivity contribution in [1.82, 2.24) is 4.98 Å². The largest absolute Gasteiger partial charge is 0.507 e. The fourth-order valence-electron chi connectivity index (χ4n) is 4.31. The molecule has 1 saturated heterocycles. The molecule has 3 aromatic rings. The van der Waals surface area contributed by atoms with E-state index in [1.165, 1.54) is 18.1 Å². The minimum atomic E-state index is -1.01. The van der Waals surface area contributed by atoms with Crippen molar-refractivity contribution in [2.24, 2.45) is 0 Å². The van der Waals surface area contributed by atoms with Gasteiger partial charge < -0.3 is 19.3 Å². The van der Waals surface area contributed by atoms with Crippen LogP contribution in [-0.4, -0.2) is 48.1 Å². The molecule has 0 unspecified atom stereocenters. The Morgan fingerprint density at radius 2 is 1.90 bits per heavy atom. The summed E-state index contributed by atoms with van der Waals surface area (Å²) in [7, 11) is 1.54. The van der Waals surface area contributed by atoms with Gasteiger partial charge in [-0.05, 0) is 62.2 Å². The van der Waals surface area contributed by atoms with Gasteiger partial charge in [0.05, 0.1) is 31.0 Å². The molecule has 1 aliphatic rings. The van der Waals surface area contributed by atoms with Crippen LogP contribution in [0.1, 0.15) is 45.0 Å². The minimum Gasteiger partial charge on any atom is -0.507 e. The van der Waals surface area contributed by atoms with Crippen molar-refractivity contribution < 1.29 is 33.7 Å². The molecule has 0 aliphatic carbocycles. The topological polar surface area (TPSA) is 115 Å². The van der Waals surface area contributed by atoms with Crippen molar-refractivity contribution in [3.05, 3.63) is 88.0 Å². The molecule has 0 bridgehead atoms. The number of benzene rings is 2. The van der Waals surface area contributed by atoms with E-state index in [1.807, 2.05) is 13.8 Å². The van der Waals surface area contributed by atoms with Crippen LogP contribution in [0.15, 0.2) is 60.7 Å². The van der Waals surface area contributed by atoms with Gasteiger partial charge in [0.2, 0.25) is 0 Å². The van der Waals surface area contributed by atoms with Gasteiger partial charge in [-0.2, -0.15) is 0 Å². The van der Waals surface area contributed by atoms with E-state index in [4.69, 9.17) is 14.2 Å². The van der Waals surface area contributed by atoms with Crippen LogP contribution in [0.2, 0.25) is 0 Å². The first-order chi connectivity index (χ1) is 18.7. The van der Waals surface area contributed by atoms with Crippen LogP contribution < -0.4 is 14.4 Å². The molecule has 1 aromatic heterocycles. The lowest BCUT2D eigenvalue weighted by Gasteiger charge is -2.23. The number of aromatic nitrogens is 1. The molecule has 2 aromatic carbocycles. The molecule has 2 heterocycles. The van der Waals surface area contributed by atoms with Crippen molar-refractivity contribution in [3.63, 3.8) is 0 Å². The Morgan fingerprint density at radius 3 is 2.51 bits per heavy atom. The highest BCUT2D eigenvalue weighted by atomic mass is 32.1. The van der Waals surface area contributed by atoms with Gasteiger partial charge in [0.1, 0.15) is 28.7 Å². The number of Topliss-reactive ketones (excluding diaryl/α,β-unsaturated/α-hetero) is 1. The lowest BCUT2D eigenvalue weighted by Crippen LogP contribution is -2.29. The maximum Gasteiger partial charge on any atom is 0.350 e. The van der Waals surface area contributed by atoms with E-state index in [9.17, 15) is 19.5 Å². The number of ether oxygens (including phenoxy) is 3. The average Bonchev–Trinajstić information content (AvgIpc) is 3.44. The van der Waals surface area contributed by atoms with Gasteiger partial charge in [-0.25, -0.2) is 9.78 Å². The summed E-state index contributed by atoms with van der Waals surface area (Å²) < 4.78 is 16.0. The number of methoxy groups -OCH3 is 1. The number of rotatable bonds is 9. The number of carbonyl (C=O) groups excluding carboxylic acids is 3. The van der Waals surface area contributed by atoms with Crippen molar-refractivity contribution in [1.29, 1.82) is 0 Å². The molecule has 0 radical (unpaired) electrons. The Morgan fingerprint density at radius 1 is 1.18 bits per heavy atom. The Kier molecular flexibility index (Phi) is 8.15. The molecule has 1 aliphatic heterocycles. The van der Waals surface area contributed by atoms with E-state index < -0.39 is 23.7 Å². The van der Waals surface area contributed by atoms with Crippen LogP contribution in [0.4, 0.5) is 5.13 Å². The van der Waals surface area contributed by atoms with Crippen molar-refractivity contribution in [2.45, 2.75) is 26.8 Å². The summed E-state index contributed by atoms with van der Waals surface area (Å²) >= 11 is 0.935. The van der Waals surface area contributed by atoms with Crippen LogP contribution in [0, 0.1) is 13.8 Å². The third-order valence-corrected chi connectivity index (χ3v) is 7.27. The van der Waals surface area contributed by atoms with Gasteiger partial charge in [0, 0.05) is 5.56 Å². The summed E-state index contributed by atoms with van der Waals surface area (Å²) in [6, 6.07) is 10.9. The maximum atomic E-state index is 13.5. The Bertz CT molecular complexity index is 1470. The van der Waals surface area contributed by atoms with E-state index in [2.05, 4.69) is 11.6 Å². The molecule has 9 nitrogen and oxygen atoms in total. The molecule has 0 saturated carbocycles. The Hall–Kier alpha value is -4.44. The molecule has 1 fully saturated rings. The monoisotopic (exact) mass is 548 g/mol. The summed E-state index contributed by atoms with van der Waals surface area (Å²) in [5, 5.41) is 11.5. The molecule has 10 heteroatoms. The van der Waals surface area contributed by atoms with Crippen LogP contribution in [-0.2, 0) is 14.3 Å². The fourth-order valence-corrected chi connectivity index (χ4v) is 5.30. The van der Waals surface area contributed by atoms with Gasteiger partial charge in [-0.15, -0.1) is 0 Å². The second-order valence-corrected chi connectivity index (χ2v) is 9.63. The number of ketones is 1. The SMILES string of the molecule is C=CCOC(=O)c1sc(N2C(=O)C(=O)/C(=C(/O)c3ccc(OC)c(C)c3)[C@H]2c2ccc(OCC)cc2)nc1C. The summed E-state index contributed by atoms with van der Waals surface area (Å²) in [4.78, 5) is 45.3. The first kappa shape index (κ1) is 27.6. The molecule has 0 spiro atoms. The predicted octanol–water partition coefficient (Wildman–Crippen LogP) is 5.14. The van der Waals surface area contributed by atoms with Crippen molar-refractivity contribution in [3.8, 4) is 11.5 Å². The molecule has 202 valence electrons. The zero-order valence-corrected chi connectivity index (χ0v) is 22.8. The summed E-state index contributed by atoms with van der Waals surface area (Å²) in [5.74, 6) is -1.46. The highest BCUT2D eigenvalue weighted by Crippen LogP contribution is 2.44. The number of esters is 1. The smallest absolute Gasteiger partial charge is 0.350 e. The van der Waals surface area contributed by atoms with Gasteiger partial charge in [0.25, 0.3) is 5.78 Å². The first-order valence-corrected chi connectivity index (χ1v) is 13.0. The number of hydrogen-bond donors (Lipinski definition) is 1. The number of anilines is 1. The summed E-state index contributed by atoms with van der Waals surface area (Å²) in [6.07, 6.45) is 1.44. The highest BCUT2D eigenvalue weighted by molar-refractivity contribution is 7.17. The number of hydrogen-bond acceptors (Lipinski definition) is 9. The molecular formula is C29H28N2O7S. The fraction of sp³-hybridized carbons (Fsp3) is 0.241. The maximum absolute atomic E-state index is 13.5. The first-order valence-electron chi connectivity index (χ1n) is 12.2. The zero-order valence-electron chi connectivity index (χ0n) is 22.0. The number of aryl methyl sites for hydroxylation is 2. The molecule has 1 N–H and O–H groups in total. The quantitative estimate of drug-likeness (QED) is 0.129. The van der Waals surface area contributed by atoms with Crippen LogP contribution >= 0.6 is 11.3 Å². The number of aliphatic hydroxyl groups is 1. The van der Waals surface area contributed by atoms with E-state index >= 15 is 0 Å². The average molecular weight is 549 g/mol. The second-order valence-electron chi connectivity index (χ2n) is 8.65. The van der Waals surface area contributed by atoms with Crippen molar-refractivity contribution in [2.75, 3.05) is 25.2 Å². The molecule has 1 amide bonds. The number of aliphatic hydroxyl groups excluding tert-OH is 1. The summed E-state index contributed by atoms with van der Waals surface area (Å²) in [5.41, 5.74) is 1.89. The minimum absolute atomic E-state index is 0.0173. The Balaban J connectivity index is 1.88. The standard InChI is InChI=1S/C29H28N2O7S/c1-6-14-38-28(35)26-17(4)30-29(39-26)31-23(18-8-11-20(12-9-18)37-7-2)22(25(33)27(31)34)24(32)19-10-13-21(36-5)16(3)15-19/h6,8-13,15,23,32H,1,7,14H2,2-5H3/b24-22+/t23-/m1/s1. The third kappa shape index (κ3) is 5.28. The number of amides is 1. The highest BCUT2D eigenvalue weighted by Gasteiger charge is 2.48. The number of carbonyl (C=O) groups is 3. The predicted molar refractivity (Wildman–Crippen MR) is 147 cm³/mol. The second kappa shape index (κ2) is 11.5. The van der Waals surface area contributed by atoms with Gasteiger partial charge in [-0.1, -0.05) is 36.1 Å². The van der Waals surface area contributed by atoms with Gasteiger partial charge >= 0.3 is 11.9 Å². The molecule has 1 atom stereocenters. The molecule has 39 heavy (non-hydrogen) atoms. The zero-order chi connectivity index (χ0) is 28.3. The lowest BCUT2D eigenvalue weighted by atomic mass is 9.95. The van der Waals surface area contributed by atoms with Gasteiger partial charge in [0.15, 0.2) is 5.13 Å². The number of nitrogens with zero attached hydrogens (tertiary/aromatic N) is 2. The Labute approximate surface area is 230 Å². The van der Waals surface area contributed by atoms with Gasteiger partial charge in [-0.3, -0.25) is 14.5 Å². The molecular weight excluding hydrogens is 520 g/mol. The lowest BCUT2D eigenvalue weighted by molar-refractivity contribution is -0.132. The number of thiazole rings is 1. The van der Waals surface area contributed by atoms with E-state index in [0.717, 1.165) is 16.9 Å². The normalized spacial score (nSPS) is 16.3. The van der Waals surface area contributed by atoms with Crippen LogP contribution in [0.3, 0.4) is 0 Å².